The quantitative estimate of drug-likeness (QED) is 0.883. The molecule has 100 valence electrons. The first kappa shape index (κ1) is 13.5. The molecule has 0 radical (unpaired) electrons. The van der Waals surface area contributed by atoms with Gasteiger partial charge in [0.2, 0.25) is 0 Å². The van der Waals surface area contributed by atoms with Crippen molar-refractivity contribution in [3.8, 4) is 0 Å². The molecular formula is C13H18FNO2S. The smallest absolute Gasteiger partial charge is 0.152 e. The van der Waals surface area contributed by atoms with E-state index >= 15 is 0 Å². The van der Waals surface area contributed by atoms with E-state index in [1.807, 2.05) is 0 Å². The monoisotopic (exact) mass is 271 g/mol. The summed E-state index contributed by atoms with van der Waals surface area (Å²) in [6, 6.07) is 6.22. The summed E-state index contributed by atoms with van der Waals surface area (Å²) in [5, 5.41) is 3.18. The molecule has 1 heterocycles. The van der Waals surface area contributed by atoms with E-state index in [4.69, 9.17) is 0 Å². The number of sulfone groups is 1. The summed E-state index contributed by atoms with van der Waals surface area (Å²) in [5.41, 5.74) is 0.734. The van der Waals surface area contributed by atoms with Gasteiger partial charge in [-0.25, -0.2) is 12.8 Å². The van der Waals surface area contributed by atoms with E-state index in [0.29, 0.717) is 6.42 Å². The van der Waals surface area contributed by atoms with Gasteiger partial charge in [-0.1, -0.05) is 12.1 Å². The molecule has 1 atom stereocenters. The highest BCUT2D eigenvalue weighted by Crippen LogP contribution is 2.10. The lowest BCUT2D eigenvalue weighted by Crippen LogP contribution is -2.31. The van der Waals surface area contributed by atoms with Crippen LogP contribution in [-0.4, -0.2) is 32.5 Å². The first-order chi connectivity index (χ1) is 8.55. The maximum atomic E-state index is 13.0. The molecule has 0 bridgehead atoms. The summed E-state index contributed by atoms with van der Waals surface area (Å²) >= 11 is 0. The lowest BCUT2D eigenvalue weighted by atomic mass is 10.2. The number of hydrogen-bond acceptors (Lipinski definition) is 3. The van der Waals surface area contributed by atoms with Gasteiger partial charge in [0.25, 0.3) is 0 Å². The van der Waals surface area contributed by atoms with Gasteiger partial charge in [-0.05, 0) is 43.5 Å². The van der Waals surface area contributed by atoms with Gasteiger partial charge in [0.05, 0.1) is 11.5 Å². The molecule has 0 aliphatic carbocycles. The van der Waals surface area contributed by atoms with E-state index in [9.17, 15) is 12.8 Å². The van der Waals surface area contributed by atoms with Crippen molar-refractivity contribution >= 4 is 9.84 Å². The predicted octanol–water partition coefficient (Wildman–Crippen LogP) is 1.54. The Bertz CT molecular complexity index is 495. The zero-order valence-corrected chi connectivity index (χ0v) is 11.0. The molecule has 1 aliphatic heterocycles. The van der Waals surface area contributed by atoms with Crippen molar-refractivity contribution in [2.24, 2.45) is 0 Å². The van der Waals surface area contributed by atoms with Crippen molar-refractivity contribution in [1.29, 1.82) is 0 Å². The number of halogens is 1. The zero-order valence-electron chi connectivity index (χ0n) is 10.2. The first-order valence-corrected chi connectivity index (χ1v) is 8.05. The number of hydrogen-bond donors (Lipinski definition) is 1. The van der Waals surface area contributed by atoms with Crippen LogP contribution in [0.2, 0.25) is 0 Å². The summed E-state index contributed by atoms with van der Waals surface area (Å²) in [6.07, 6.45) is 2.36. The lowest BCUT2D eigenvalue weighted by Gasteiger charge is -2.10. The molecule has 0 amide bonds. The van der Waals surface area contributed by atoms with Crippen molar-refractivity contribution < 1.29 is 12.8 Å². The van der Waals surface area contributed by atoms with Gasteiger partial charge in [0.1, 0.15) is 5.82 Å². The molecular weight excluding hydrogens is 253 g/mol. The maximum absolute atomic E-state index is 13.0. The predicted molar refractivity (Wildman–Crippen MR) is 69.8 cm³/mol. The fourth-order valence-corrected chi connectivity index (χ4v) is 3.87. The Kier molecular flexibility index (Phi) is 4.35. The van der Waals surface area contributed by atoms with Crippen molar-refractivity contribution in [3.05, 3.63) is 35.6 Å². The number of nitrogens with one attached hydrogen (secondary N) is 1. The molecule has 0 aromatic heterocycles. The Balaban J connectivity index is 1.88. The molecule has 2 rings (SSSR count). The fraction of sp³-hybridized carbons (Fsp3) is 0.538. The highest BCUT2D eigenvalue weighted by molar-refractivity contribution is 7.91. The molecule has 18 heavy (non-hydrogen) atoms. The van der Waals surface area contributed by atoms with Crippen molar-refractivity contribution in [1.82, 2.24) is 5.32 Å². The Morgan fingerprint density at radius 3 is 2.89 bits per heavy atom. The van der Waals surface area contributed by atoms with Gasteiger partial charge in [-0.2, -0.15) is 0 Å². The standard InChI is InChI=1S/C13H18FNO2S/c14-12-4-1-3-11(9-12)6-8-18(16,17)10-13-5-2-7-15-13/h1,3-4,9,13,15H,2,5-8,10H2. The van der Waals surface area contributed by atoms with Crippen LogP contribution in [0.1, 0.15) is 18.4 Å². The number of benzene rings is 1. The number of rotatable bonds is 5. The third kappa shape index (κ3) is 4.07. The molecule has 1 saturated heterocycles. The minimum Gasteiger partial charge on any atom is -0.313 e. The average Bonchev–Trinajstić information content (AvgIpc) is 2.79. The van der Waals surface area contributed by atoms with Crippen LogP contribution in [-0.2, 0) is 16.3 Å². The van der Waals surface area contributed by atoms with E-state index < -0.39 is 9.84 Å². The molecule has 0 saturated carbocycles. The van der Waals surface area contributed by atoms with Crippen molar-refractivity contribution in [2.75, 3.05) is 18.1 Å². The van der Waals surface area contributed by atoms with E-state index in [1.54, 1.807) is 12.1 Å². The minimum atomic E-state index is -3.06. The largest absolute Gasteiger partial charge is 0.313 e. The average molecular weight is 271 g/mol. The van der Waals surface area contributed by atoms with Crippen LogP contribution in [0, 0.1) is 5.82 Å². The zero-order chi connectivity index (χ0) is 13.0. The van der Waals surface area contributed by atoms with Gasteiger partial charge in [-0.3, -0.25) is 0 Å². The second-order valence-corrected chi connectivity index (χ2v) is 7.02. The topological polar surface area (TPSA) is 46.2 Å². The molecule has 5 heteroatoms. The molecule has 1 aliphatic rings. The van der Waals surface area contributed by atoms with Crippen LogP contribution < -0.4 is 5.32 Å². The van der Waals surface area contributed by atoms with E-state index in [-0.39, 0.29) is 23.4 Å². The lowest BCUT2D eigenvalue weighted by molar-refractivity contribution is 0.576. The van der Waals surface area contributed by atoms with Crippen molar-refractivity contribution in [3.63, 3.8) is 0 Å². The Hall–Kier alpha value is -0.940. The molecule has 1 unspecified atom stereocenters. The highest BCUT2D eigenvalue weighted by Gasteiger charge is 2.21. The SMILES string of the molecule is O=S(=O)(CCc1cccc(F)c1)CC1CCCN1. The summed E-state index contributed by atoms with van der Waals surface area (Å²) in [4.78, 5) is 0. The van der Waals surface area contributed by atoms with Crippen LogP contribution in [0.15, 0.2) is 24.3 Å². The van der Waals surface area contributed by atoms with Crippen LogP contribution in [0.25, 0.3) is 0 Å². The van der Waals surface area contributed by atoms with E-state index in [1.165, 1.54) is 12.1 Å². The summed E-state index contributed by atoms with van der Waals surface area (Å²) in [5.74, 6) is -0.0286. The van der Waals surface area contributed by atoms with Gasteiger partial charge in [0, 0.05) is 6.04 Å². The van der Waals surface area contributed by atoms with Gasteiger partial charge in [-0.15, -0.1) is 0 Å². The third-order valence-corrected chi connectivity index (χ3v) is 4.94. The molecule has 0 spiro atoms. The van der Waals surface area contributed by atoms with Gasteiger partial charge >= 0.3 is 0 Å². The molecule has 1 aromatic rings. The Labute approximate surface area is 107 Å². The second-order valence-electron chi connectivity index (χ2n) is 4.79. The Morgan fingerprint density at radius 2 is 2.22 bits per heavy atom. The molecule has 1 N–H and O–H groups in total. The van der Waals surface area contributed by atoms with Crippen molar-refractivity contribution in [2.45, 2.75) is 25.3 Å². The van der Waals surface area contributed by atoms with Gasteiger partial charge < -0.3 is 5.32 Å². The molecule has 3 nitrogen and oxygen atoms in total. The molecule has 1 aromatic carbocycles. The summed E-state index contributed by atoms with van der Waals surface area (Å²) < 4.78 is 36.8. The molecule has 1 fully saturated rings. The first-order valence-electron chi connectivity index (χ1n) is 6.23. The van der Waals surface area contributed by atoms with Crippen LogP contribution >= 0.6 is 0 Å². The van der Waals surface area contributed by atoms with Gasteiger partial charge in [0.15, 0.2) is 9.84 Å². The van der Waals surface area contributed by atoms with E-state index in [2.05, 4.69) is 5.32 Å². The highest BCUT2D eigenvalue weighted by atomic mass is 32.2. The maximum Gasteiger partial charge on any atom is 0.152 e. The van der Waals surface area contributed by atoms with E-state index in [0.717, 1.165) is 24.9 Å². The number of aryl methyl sites for hydroxylation is 1. The second kappa shape index (κ2) is 5.80. The normalized spacial score (nSPS) is 20.2. The minimum absolute atomic E-state index is 0.0919. The summed E-state index contributed by atoms with van der Waals surface area (Å²) in [7, 11) is -3.06. The Morgan fingerprint density at radius 1 is 1.39 bits per heavy atom. The van der Waals surface area contributed by atoms with Crippen LogP contribution in [0.4, 0.5) is 4.39 Å². The van der Waals surface area contributed by atoms with Crippen LogP contribution in [0.5, 0.6) is 0 Å². The fourth-order valence-electron chi connectivity index (χ4n) is 2.25. The summed E-state index contributed by atoms with van der Waals surface area (Å²) in [6.45, 7) is 0.907. The third-order valence-electron chi connectivity index (χ3n) is 3.21. The van der Waals surface area contributed by atoms with Crippen LogP contribution in [0.3, 0.4) is 0 Å².